The Kier molecular flexibility index (Phi) is 3.87. The zero-order valence-corrected chi connectivity index (χ0v) is 10.2. The second-order valence-corrected chi connectivity index (χ2v) is 3.89. The Balaban J connectivity index is 1.92. The number of hydrogen-bond acceptors (Lipinski definition) is 4. The smallest absolute Gasteiger partial charge is 0.262 e. The van der Waals surface area contributed by atoms with E-state index in [4.69, 9.17) is 10.5 Å². The van der Waals surface area contributed by atoms with Gasteiger partial charge in [-0.25, -0.2) is 0 Å². The third kappa shape index (κ3) is 3.38. The van der Waals surface area contributed by atoms with Crippen molar-refractivity contribution in [1.82, 2.24) is 0 Å². The quantitative estimate of drug-likeness (QED) is 0.578. The number of rotatable bonds is 4. The summed E-state index contributed by atoms with van der Waals surface area (Å²) >= 11 is 0. The molecule has 19 heavy (non-hydrogen) atoms. The second kappa shape index (κ2) is 5.77. The molecule has 0 heterocycles. The Hall–Kier alpha value is -2.69. The van der Waals surface area contributed by atoms with Crippen molar-refractivity contribution in [1.29, 1.82) is 0 Å². The van der Waals surface area contributed by atoms with Gasteiger partial charge >= 0.3 is 0 Å². The number of phenols is 1. The highest BCUT2D eigenvalue weighted by Crippen LogP contribution is 2.29. The topological polar surface area (TPSA) is 84.6 Å². The van der Waals surface area contributed by atoms with E-state index >= 15 is 0 Å². The van der Waals surface area contributed by atoms with Crippen LogP contribution in [0.3, 0.4) is 0 Å². The average molecular weight is 258 g/mol. The molecule has 0 atom stereocenters. The highest BCUT2D eigenvalue weighted by molar-refractivity contribution is 5.91. The van der Waals surface area contributed by atoms with Crippen molar-refractivity contribution >= 4 is 17.3 Å². The summed E-state index contributed by atoms with van der Waals surface area (Å²) in [6.45, 7) is -0.178. The van der Waals surface area contributed by atoms with Crippen LogP contribution in [0.15, 0.2) is 48.5 Å². The zero-order valence-electron chi connectivity index (χ0n) is 10.2. The first kappa shape index (κ1) is 12.8. The molecule has 0 aliphatic heterocycles. The van der Waals surface area contributed by atoms with Gasteiger partial charge in [0.2, 0.25) is 0 Å². The van der Waals surface area contributed by atoms with E-state index in [1.54, 1.807) is 24.3 Å². The fourth-order valence-corrected chi connectivity index (χ4v) is 1.52. The Morgan fingerprint density at radius 2 is 1.89 bits per heavy atom. The molecule has 0 spiro atoms. The van der Waals surface area contributed by atoms with Crippen LogP contribution in [0.5, 0.6) is 11.5 Å². The molecule has 0 aromatic heterocycles. The van der Waals surface area contributed by atoms with Crippen LogP contribution >= 0.6 is 0 Å². The number of carbonyl (C=O) groups excluding carboxylic acids is 1. The first-order chi connectivity index (χ1) is 9.16. The lowest BCUT2D eigenvalue weighted by atomic mass is 10.3. The van der Waals surface area contributed by atoms with E-state index in [-0.39, 0.29) is 29.7 Å². The molecule has 5 heteroatoms. The van der Waals surface area contributed by atoms with Crippen LogP contribution in [0.4, 0.5) is 11.4 Å². The van der Waals surface area contributed by atoms with Crippen molar-refractivity contribution in [3.05, 3.63) is 48.5 Å². The summed E-state index contributed by atoms with van der Waals surface area (Å²) < 4.78 is 5.25. The lowest BCUT2D eigenvalue weighted by Gasteiger charge is -2.10. The molecule has 4 N–H and O–H groups in total. The van der Waals surface area contributed by atoms with E-state index in [9.17, 15) is 9.90 Å². The predicted molar refractivity (Wildman–Crippen MR) is 73.1 cm³/mol. The molecule has 2 rings (SSSR count). The average Bonchev–Trinajstić information content (AvgIpc) is 2.42. The molecule has 0 aliphatic rings. The number of hydrogen-bond donors (Lipinski definition) is 3. The number of amides is 1. The minimum absolute atomic E-state index is 0.0685. The van der Waals surface area contributed by atoms with Crippen molar-refractivity contribution in [3.63, 3.8) is 0 Å². The molecule has 98 valence electrons. The zero-order chi connectivity index (χ0) is 13.7. The van der Waals surface area contributed by atoms with Gasteiger partial charge in [0, 0.05) is 5.69 Å². The van der Waals surface area contributed by atoms with E-state index in [2.05, 4.69) is 5.32 Å². The molecule has 0 unspecified atom stereocenters. The minimum atomic E-state index is -0.297. The molecule has 0 bridgehead atoms. The Morgan fingerprint density at radius 1 is 1.16 bits per heavy atom. The van der Waals surface area contributed by atoms with Crippen LogP contribution in [-0.2, 0) is 4.79 Å². The van der Waals surface area contributed by atoms with Crippen LogP contribution in [0, 0.1) is 0 Å². The number of benzene rings is 2. The van der Waals surface area contributed by atoms with Gasteiger partial charge in [0.1, 0.15) is 17.2 Å². The van der Waals surface area contributed by atoms with Gasteiger partial charge in [-0.2, -0.15) is 0 Å². The third-order valence-corrected chi connectivity index (χ3v) is 2.46. The van der Waals surface area contributed by atoms with Crippen LogP contribution in [0.1, 0.15) is 0 Å². The molecule has 0 radical (unpaired) electrons. The molecule has 0 saturated heterocycles. The SMILES string of the molecule is Nc1c(O)cccc1OCC(=O)Nc1ccccc1. The van der Waals surface area contributed by atoms with Gasteiger partial charge in [0.25, 0.3) is 5.91 Å². The van der Waals surface area contributed by atoms with Crippen molar-refractivity contribution in [3.8, 4) is 11.5 Å². The molecule has 0 aliphatic carbocycles. The highest BCUT2D eigenvalue weighted by Gasteiger charge is 2.07. The van der Waals surface area contributed by atoms with Gasteiger partial charge in [0.05, 0.1) is 0 Å². The molecule has 2 aromatic carbocycles. The normalized spacial score (nSPS) is 9.89. The molecule has 5 nitrogen and oxygen atoms in total. The Labute approximate surface area is 110 Å². The van der Waals surface area contributed by atoms with E-state index < -0.39 is 0 Å². The van der Waals surface area contributed by atoms with Gasteiger partial charge < -0.3 is 20.9 Å². The van der Waals surface area contributed by atoms with E-state index in [1.807, 2.05) is 18.2 Å². The van der Waals surface area contributed by atoms with Crippen LogP contribution < -0.4 is 15.8 Å². The summed E-state index contributed by atoms with van der Waals surface area (Å²) in [5, 5.41) is 12.1. The molecule has 0 fully saturated rings. The highest BCUT2D eigenvalue weighted by atomic mass is 16.5. The summed E-state index contributed by atoms with van der Waals surface area (Å²) in [7, 11) is 0. The summed E-state index contributed by atoms with van der Waals surface area (Å²) in [6.07, 6.45) is 0. The number of para-hydroxylation sites is 2. The Bertz CT molecular complexity index is 570. The summed E-state index contributed by atoms with van der Waals surface area (Å²) in [6, 6.07) is 13.7. The van der Waals surface area contributed by atoms with Gasteiger partial charge in [-0.3, -0.25) is 4.79 Å². The molecule has 1 amide bonds. The number of nitrogens with two attached hydrogens (primary N) is 1. The summed E-state index contributed by atoms with van der Waals surface area (Å²) in [5.41, 5.74) is 6.43. The molecule has 2 aromatic rings. The van der Waals surface area contributed by atoms with Crippen molar-refractivity contribution < 1.29 is 14.6 Å². The van der Waals surface area contributed by atoms with Gasteiger partial charge in [-0.15, -0.1) is 0 Å². The van der Waals surface area contributed by atoms with E-state index in [0.717, 1.165) is 0 Å². The molecular formula is C14H14N2O3. The number of aromatic hydroxyl groups is 1. The van der Waals surface area contributed by atoms with Crippen molar-refractivity contribution in [2.24, 2.45) is 0 Å². The van der Waals surface area contributed by atoms with Crippen LogP contribution in [0.2, 0.25) is 0 Å². The standard InChI is InChI=1S/C14H14N2O3/c15-14-11(17)7-4-8-12(14)19-9-13(18)16-10-5-2-1-3-6-10/h1-8,17H,9,15H2,(H,16,18). The Morgan fingerprint density at radius 3 is 2.63 bits per heavy atom. The van der Waals surface area contributed by atoms with Crippen LogP contribution in [0.25, 0.3) is 0 Å². The third-order valence-electron chi connectivity index (χ3n) is 2.46. The van der Waals surface area contributed by atoms with E-state index in [0.29, 0.717) is 5.69 Å². The molecule has 0 saturated carbocycles. The maximum absolute atomic E-state index is 11.6. The number of carbonyl (C=O) groups is 1. The first-order valence-corrected chi connectivity index (χ1v) is 5.72. The van der Waals surface area contributed by atoms with Crippen molar-refractivity contribution in [2.75, 3.05) is 17.7 Å². The van der Waals surface area contributed by atoms with Gasteiger partial charge in [-0.1, -0.05) is 24.3 Å². The lowest BCUT2D eigenvalue weighted by Crippen LogP contribution is -2.20. The second-order valence-electron chi connectivity index (χ2n) is 3.89. The minimum Gasteiger partial charge on any atom is -0.506 e. The first-order valence-electron chi connectivity index (χ1n) is 5.72. The summed E-state index contributed by atoms with van der Waals surface area (Å²) in [5.74, 6) is -0.0851. The van der Waals surface area contributed by atoms with E-state index in [1.165, 1.54) is 6.07 Å². The number of nitrogen functional groups attached to an aromatic ring is 1. The predicted octanol–water partition coefficient (Wildman–Crippen LogP) is 1.99. The number of phenolic OH excluding ortho intramolecular Hbond substituents is 1. The maximum atomic E-state index is 11.6. The lowest BCUT2D eigenvalue weighted by molar-refractivity contribution is -0.118. The maximum Gasteiger partial charge on any atom is 0.262 e. The number of ether oxygens (including phenoxy) is 1. The fourth-order valence-electron chi connectivity index (χ4n) is 1.52. The van der Waals surface area contributed by atoms with Crippen LogP contribution in [-0.4, -0.2) is 17.6 Å². The molecular weight excluding hydrogens is 244 g/mol. The van der Waals surface area contributed by atoms with Gasteiger partial charge in [0.15, 0.2) is 6.61 Å². The van der Waals surface area contributed by atoms with Crippen molar-refractivity contribution in [2.45, 2.75) is 0 Å². The summed E-state index contributed by atoms with van der Waals surface area (Å²) in [4.78, 5) is 11.6. The largest absolute Gasteiger partial charge is 0.506 e. The number of anilines is 2. The van der Waals surface area contributed by atoms with Gasteiger partial charge in [-0.05, 0) is 24.3 Å². The fraction of sp³-hybridized carbons (Fsp3) is 0.0714. The number of nitrogens with one attached hydrogen (secondary N) is 1. The monoisotopic (exact) mass is 258 g/mol.